The monoisotopic (exact) mass is 625 g/mol. The van der Waals surface area contributed by atoms with Gasteiger partial charge in [-0.25, -0.2) is 4.98 Å². The zero-order valence-electron chi connectivity index (χ0n) is 26.6. The number of anilines is 2. The first-order chi connectivity index (χ1) is 22.4. The molecular formula is C34H43N9O3. The van der Waals surface area contributed by atoms with Gasteiger partial charge in [-0.1, -0.05) is 18.2 Å². The van der Waals surface area contributed by atoms with Gasteiger partial charge < -0.3 is 40.0 Å². The fraction of sp³-hybridized carbons (Fsp3) is 0.412. The maximum atomic E-state index is 13.5. The number of carbonyl (C=O) groups is 2. The molecule has 0 unspecified atom stereocenters. The molecule has 1 saturated heterocycles. The van der Waals surface area contributed by atoms with E-state index in [0.29, 0.717) is 18.8 Å². The predicted molar refractivity (Wildman–Crippen MR) is 183 cm³/mol. The molecule has 3 aromatic heterocycles. The second kappa shape index (κ2) is 14.3. The third kappa shape index (κ3) is 6.84. The fourth-order valence-corrected chi connectivity index (χ4v) is 6.39. The van der Waals surface area contributed by atoms with Crippen LogP contribution in [-0.2, 0) is 11.8 Å². The van der Waals surface area contributed by atoms with E-state index in [4.69, 9.17) is 0 Å². The van der Waals surface area contributed by atoms with Crippen molar-refractivity contribution < 1.29 is 9.59 Å². The highest BCUT2D eigenvalue weighted by molar-refractivity contribution is 6.08. The van der Waals surface area contributed by atoms with E-state index in [9.17, 15) is 14.4 Å². The molecule has 0 saturated carbocycles. The molecule has 242 valence electrons. The molecule has 1 fully saturated rings. The molecule has 5 aromatic rings. The number of amides is 2. The third-order valence-corrected chi connectivity index (χ3v) is 8.85. The van der Waals surface area contributed by atoms with E-state index in [2.05, 4.69) is 58.8 Å². The Morgan fingerprint density at radius 2 is 1.65 bits per heavy atom. The summed E-state index contributed by atoms with van der Waals surface area (Å²) in [4.78, 5) is 46.7. The van der Waals surface area contributed by atoms with Gasteiger partial charge in [0.1, 0.15) is 0 Å². The third-order valence-electron chi connectivity index (χ3n) is 8.85. The number of nitrogens with zero attached hydrogens (tertiary/aromatic N) is 5. The smallest absolute Gasteiger partial charge is 0.287 e. The van der Waals surface area contributed by atoms with Crippen molar-refractivity contribution >= 4 is 50.5 Å². The Labute approximate surface area is 268 Å². The first-order valence-corrected chi connectivity index (χ1v) is 16.2. The van der Waals surface area contributed by atoms with Crippen molar-refractivity contribution in [2.24, 2.45) is 7.05 Å². The van der Waals surface area contributed by atoms with E-state index in [1.54, 1.807) is 24.9 Å². The number of hydrogen-bond acceptors (Lipinski definition) is 8. The number of aromatic nitrogens is 3. The fourth-order valence-electron chi connectivity index (χ4n) is 6.39. The molecule has 46 heavy (non-hydrogen) atoms. The van der Waals surface area contributed by atoms with E-state index in [-0.39, 0.29) is 23.1 Å². The van der Waals surface area contributed by atoms with Crippen LogP contribution >= 0.6 is 0 Å². The minimum Gasteiger partial charge on any atom is -0.384 e. The molecule has 0 radical (unpaired) electrons. The Kier molecular flexibility index (Phi) is 9.76. The van der Waals surface area contributed by atoms with Crippen LogP contribution in [0.2, 0.25) is 0 Å². The van der Waals surface area contributed by atoms with E-state index in [1.165, 1.54) is 0 Å². The second-order valence-electron chi connectivity index (χ2n) is 12.0. The van der Waals surface area contributed by atoms with Gasteiger partial charge in [0.2, 0.25) is 11.7 Å². The molecule has 6 rings (SSSR count). The minimum absolute atomic E-state index is 0.0888. The molecule has 12 nitrogen and oxygen atoms in total. The Balaban J connectivity index is 0.861. The van der Waals surface area contributed by atoms with E-state index < -0.39 is 0 Å². The summed E-state index contributed by atoms with van der Waals surface area (Å²) in [5, 5.41) is 14.8. The topological polar surface area (TPSA) is 128 Å². The number of rotatable bonds is 14. The average Bonchev–Trinajstić information content (AvgIpc) is 3.67. The molecule has 2 amide bonds. The molecule has 1 aliphatic heterocycles. The van der Waals surface area contributed by atoms with E-state index >= 15 is 0 Å². The Bertz CT molecular complexity index is 1870. The summed E-state index contributed by atoms with van der Waals surface area (Å²) < 4.78 is 3.72. The lowest BCUT2D eigenvalue weighted by Crippen LogP contribution is -2.47. The number of pyridine rings is 1. The number of para-hydroxylation sites is 1. The van der Waals surface area contributed by atoms with Crippen LogP contribution in [0, 0.1) is 0 Å². The summed E-state index contributed by atoms with van der Waals surface area (Å²) in [5.74, 6) is 0.201. The van der Waals surface area contributed by atoms with Gasteiger partial charge >= 0.3 is 0 Å². The summed E-state index contributed by atoms with van der Waals surface area (Å²) >= 11 is 0. The number of aryl methyl sites for hydroxylation is 1. The second-order valence-corrected chi connectivity index (χ2v) is 12.0. The van der Waals surface area contributed by atoms with Crippen LogP contribution in [0.4, 0.5) is 11.5 Å². The van der Waals surface area contributed by atoms with Gasteiger partial charge in [0.15, 0.2) is 11.2 Å². The molecule has 0 aliphatic carbocycles. The number of hydrogen-bond donors (Lipinski definition) is 4. The molecule has 4 N–H and O–H groups in total. The Morgan fingerprint density at radius 1 is 0.913 bits per heavy atom. The molecule has 1 aliphatic rings. The largest absolute Gasteiger partial charge is 0.384 e. The summed E-state index contributed by atoms with van der Waals surface area (Å²) in [5.41, 5.74) is 2.94. The van der Waals surface area contributed by atoms with Gasteiger partial charge in [-0.3, -0.25) is 14.4 Å². The predicted octanol–water partition coefficient (Wildman–Crippen LogP) is 2.56. The maximum Gasteiger partial charge on any atom is 0.287 e. The SMILES string of the molecule is CNC(=O)c1nc(NC(=O)CCNCCCN2CCN(CCCNc3ccc4ccn5c6ccccc6c(=O)c3c45)CC2)cn1C. The molecule has 12 heteroatoms. The Morgan fingerprint density at radius 3 is 2.41 bits per heavy atom. The molecule has 0 bridgehead atoms. The van der Waals surface area contributed by atoms with Crippen molar-refractivity contribution in [3.05, 3.63) is 70.9 Å². The van der Waals surface area contributed by atoms with Gasteiger partial charge in [-0.15, -0.1) is 0 Å². The van der Waals surface area contributed by atoms with E-state index in [1.807, 2.05) is 30.3 Å². The normalized spacial score (nSPS) is 14.4. The van der Waals surface area contributed by atoms with Crippen LogP contribution in [-0.4, -0.2) is 102 Å². The number of nitrogens with one attached hydrogen (secondary N) is 4. The summed E-state index contributed by atoms with van der Waals surface area (Å²) in [6.45, 7) is 8.56. The van der Waals surface area contributed by atoms with Crippen molar-refractivity contribution in [1.82, 2.24) is 34.4 Å². The van der Waals surface area contributed by atoms with Crippen LogP contribution in [0.25, 0.3) is 27.2 Å². The van der Waals surface area contributed by atoms with Crippen LogP contribution in [0.1, 0.15) is 29.9 Å². The number of fused-ring (bicyclic) bond motifs is 2. The van der Waals surface area contributed by atoms with Crippen LogP contribution in [0.3, 0.4) is 0 Å². The highest BCUT2D eigenvalue weighted by Crippen LogP contribution is 2.29. The Hall–Kier alpha value is -4.52. The van der Waals surface area contributed by atoms with Gasteiger partial charge in [0, 0.05) is 88.6 Å². The lowest BCUT2D eigenvalue weighted by molar-refractivity contribution is -0.116. The number of imidazole rings is 1. The quantitative estimate of drug-likeness (QED) is 0.110. The zero-order chi connectivity index (χ0) is 32.0. The standard InChI is InChI=1S/C34H43N9O3/c1-35-34(46)33-39-28(23-40(33)2)38-29(44)11-15-36-13-5-16-41-19-21-42(22-20-41)17-6-14-37-26-10-9-24-12-18-43-27-8-4-3-7-25(27)32(45)30(26)31(24)43/h3-4,7-10,12,18,23,36-37H,5-6,11,13-17,19-22H2,1-2H3,(H,35,46)(H,38,44). The zero-order valence-corrected chi connectivity index (χ0v) is 26.6. The van der Waals surface area contributed by atoms with Gasteiger partial charge in [-0.05, 0) is 56.7 Å². The molecule has 2 aromatic carbocycles. The van der Waals surface area contributed by atoms with Crippen molar-refractivity contribution in [2.45, 2.75) is 19.3 Å². The number of carbonyl (C=O) groups excluding carboxylic acids is 2. The lowest BCUT2D eigenvalue weighted by atomic mass is 10.1. The van der Waals surface area contributed by atoms with Crippen LogP contribution in [0.5, 0.6) is 0 Å². The highest BCUT2D eigenvalue weighted by Gasteiger charge is 2.18. The summed E-state index contributed by atoms with van der Waals surface area (Å²) in [6, 6.07) is 14.0. The molecule has 0 atom stereocenters. The molecular weight excluding hydrogens is 582 g/mol. The first kappa shape index (κ1) is 31.5. The van der Waals surface area contributed by atoms with Gasteiger partial charge in [0.05, 0.1) is 16.4 Å². The van der Waals surface area contributed by atoms with E-state index in [0.717, 1.165) is 98.1 Å². The van der Waals surface area contributed by atoms with Crippen molar-refractivity contribution in [3.63, 3.8) is 0 Å². The average molecular weight is 626 g/mol. The van der Waals surface area contributed by atoms with Gasteiger partial charge in [0.25, 0.3) is 5.91 Å². The summed E-state index contributed by atoms with van der Waals surface area (Å²) in [7, 11) is 3.26. The van der Waals surface area contributed by atoms with Crippen molar-refractivity contribution in [1.29, 1.82) is 0 Å². The van der Waals surface area contributed by atoms with Crippen molar-refractivity contribution in [2.75, 3.05) is 76.6 Å². The van der Waals surface area contributed by atoms with Crippen LogP contribution < -0.4 is 26.7 Å². The molecule has 4 heterocycles. The lowest BCUT2D eigenvalue weighted by Gasteiger charge is -2.34. The summed E-state index contributed by atoms with van der Waals surface area (Å²) in [6.07, 6.45) is 6.06. The van der Waals surface area contributed by atoms with Gasteiger partial charge in [-0.2, -0.15) is 0 Å². The highest BCUT2D eigenvalue weighted by atomic mass is 16.2. The van der Waals surface area contributed by atoms with Crippen molar-refractivity contribution in [3.8, 4) is 0 Å². The first-order valence-electron chi connectivity index (χ1n) is 16.2. The minimum atomic E-state index is -0.296. The molecule has 0 spiro atoms. The maximum absolute atomic E-state index is 13.5. The number of benzene rings is 2. The number of piperazine rings is 1. The van der Waals surface area contributed by atoms with Crippen LogP contribution in [0.15, 0.2) is 59.7 Å².